The Morgan fingerprint density at radius 1 is 1.03 bits per heavy atom. The Hall–Kier alpha value is -4.37. The van der Waals surface area contributed by atoms with Gasteiger partial charge in [-0.2, -0.15) is 0 Å². The van der Waals surface area contributed by atoms with E-state index < -0.39 is 5.97 Å². The zero-order chi connectivity index (χ0) is 27.0. The largest absolute Gasteiger partial charge is 0.492 e. The summed E-state index contributed by atoms with van der Waals surface area (Å²) in [5.41, 5.74) is 6.03. The van der Waals surface area contributed by atoms with Crippen molar-refractivity contribution in [3.05, 3.63) is 71.1 Å². The minimum Gasteiger partial charge on any atom is -0.492 e. The van der Waals surface area contributed by atoms with Crippen molar-refractivity contribution >= 4 is 28.6 Å². The molecule has 38 heavy (non-hydrogen) atoms. The zero-order valence-corrected chi connectivity index (χ0v) is 22.0. The van der Waals surface area contributed by atoms with Crippen LogP contribution in [0.5, 0.6) is 11.5 Å². The van der Waals surface area contributed by atoms with Crippen molar-refractivity contribution in [1.82, 2.24) is 19.7 Å². The van der Waals surface area contributed by atoms with E-state index in [4.69, 9.17) is 30.6 Å². The number of carbonyl (C=O) groups is 1. The molecular formula is C28H25ClN4O5. The first-order valence-electron chi connectivity index (χ1n) is 12.0. The maximum Gasteiger partial charge on any atom is 0.335 e. The van der Waals surface area contributed by atoms with Gasteiger partial charge in [0.2, 0.25) is 0 Å². The maximum atomic E-state index is 11.9. The molecule has 0 fully saturated rings. The number of benzene rings is 1. The van der Waals surface area contributed by atoms with Gasteiger partial charge in [-0.1, -0.05) is 16.8 Å². The molecule has 0 radical (unpaired) electrons. The van der Waals surface area contributed by atoms with Gasteiger partial charge in [-0.25, -0.2) is 4.79 Å². The molecule has 0 atom stereocenters. The molecular weight excluding hydrogens is 508 g/mol. The lowest BCUT2D eigenvalue weighted by Crippen LogP contribution is -2.07. The van der Waals surface area contributed by atoms with E-state index in [1.54, 1.807) is 18.6 Å². The second-order valence-corrected chi connectivity index (χ2v) is 9.02. The Bertz CT molecular complexity index is 1630. The van der Waals surface area contributed by atoms with Crippen LogP contribution in [0.15, 0.2) is 53.6 Å². The number of carboxylic acid groups (broad SMARTS) is 1. The van der Waals surface area contributed by atoms with E-state index in [1.165, 1.54) is 12.1 Å². The number of halogens is 1. The number of fused-ring (bicyclic) bond motifs is 1. The van der Waals surface area contributed by atoms with E-state index in [0.29, 0.717) is 46.7 Å². The smallest absolute Gasteiger partial charge is 0.335 e. The number of aromatic carboxylic acids is 1. The molecule has 0 aliphatic heterocycles. The number of aromatic nitrogens is 4. The molecule has 1 aromatic carbocycles. The molecule has 5 rings (SSSR count). The molecule has 0 saturated carbocycles. The summed E-state index contributed by atoms with van der Waals surface area (Å²) in [6, 6.07) is 6.81. The predicted octanol–water partition coefficient (Wildman–Crippen LogP) is 6.51. The van der Waals surface area contributed by atoms with Crippen LogP contribution >= 0.6 is 11.6 Å². The molecule has 10 heteroatoms. The van der Waals surface area contributed by atoms with Crippen LogP contribution in [0.4, 0.5) is 0 Å². The number of carboxylic acids is 1. The summed E-state index contributed by atoms with van der Waals surface area (Å²) in [6.07, 6.45) is 6.97. The van der Waals surface area contributed by atoms with E-state index in [1.807, 2.05) is 50.6 Å². The van der Waals surface area contributed by atoms with Crippen LogP contribution in [0.2, 0.25) is 5.02 Å². The van der Waals surface area contributed by atoms with Gasteiger partial charge < -0.3 is 23.7 Å². The summed E-state index contributed by atoms with van der Waals surface area (Å²) < 4.78 is 19.2. The summed E-state index contributed by atoms with van der Waals surface area (Å²) in [6.45, 7) is 8.07. The fourth-order valence-corrected chi connectivity index (χ4v) is 4.74. The standard InChI is InChI=1S/C28H25ClN4O5/c1-5-36-23-9-17(28(34)35)10-24(37-6-2)27(23)33-14-21(18-7-20(29)13-30-11-18)26-22(33)8-19(12-31-26)25-15(3)32-38-16(25)4/h7-14H,5-6H2,1-4H3,(H,34,35). The van der Waals surface area contributed by atoms with Crippen molar-refractivity contribution in [2.45, 2.75) is 27.7 Å². The highest BCUT2D eigenvalue weighted by Crippen LogP contribution is 2.41. The molecule has 1 N–H and O–H groups in total. The highest BCUT2D eigenvalue weighted by molar-refractivity contribution is 6.30. The molecule has 0 spiro atoms. The summed E-state index contributed by atoms with van der Waals surface area (Å²) in [7, 11) is 0. The first-order valence-corrected chi connectivity index (χ1v) is 12.4. The second-order valence-electron chi connectivity index (χ2n) is 8.59. The normalized spacial score (nSPS) is 11.2. The van der Waals surface area contributed by atoms with Crippen LogP contribution in [-0.4, -0.2) is 44.0 Å². The summed E-state index contributed by atoms with van der Waals surface area (Å²) in [4.78, 5) is 21.0. The average Bonchev–Trinajstić information content (AvgIpc) is 3.43. The number of pyridine rings is 2. The molecule has 0 aliphatic rings. The molecule has 0 saturated heterocycles. The van der Waals surface area contributed by atoms with Gasteiger partial charge in [0.1, 0.15) is 22.9 Å². The van der Waals surface area contributed by atoms with Crippen molar-refractivity contribution in [1.29, 1.82) is 0 Å². The minimum absolute atomic E-state index is 0.0610. The highest BCUT2D eigenvalue weighted by Gasteiger charge is 2.23. The SMILES string of the molecule is CCOc1cc(C(=O)O)cc(OCC)c1-n1cc(-c2cncc(Cl)c2)c2ncc(-c3c(C)noc3C)cc21. The maximum absolute atomic E-state index is 11.9. The molecule has 0 aliphatic carbocycles. The minimum atomic E-state index is -1.08. The highest BCUT2D eigenvalue weighted by atomic mass is 35.5. The zero-order valence-electron chi connectivity index (χ0n) is 21.3. The van der Waals surface area contributed by atoms with Gasteiger partial charge in [0.25, 0.3) is 0 Å². The molecule has 4 aromatic heterocycles. The number of hydrogen-bond donors (Lipinski definition) is 1. The van der Waals surface area contributed by atoms with Crippen molar-refractivity contribution in [2.75, 3.05) is 13.2 Å². The summed E-state index contributed by atoms with van der Waals surface area (Å²) >= 11 is 6.27. The first kappa shape index (κ1) is 25.3. The third-order valence-corrected chi connectivity index (χ3v) is 6.31. The van der Waals surface area contributed by atoms with Gasteiger partial charge in [0, 0.05) is 47.0 Å². The number of aryl methyl sites for hydroxylation is 2. The quantitative estimate of drug-likeness (QED) is 0.241. The lowest BCUT2D eigenvalue weighted by atomic mass is 10.0. The van der Waals surface area contributed by atoms with E-state index in [-0.39, 0.29) is 5.56 Å². The molecule has 9 nitrogen and oxygen atoms in total. The van der Waals surface area contributed by atoms with Crippen LogP contribution in [0, 0.1) is 13.8 Å². The third kappa shape index (κ3) is 4.45. The number of rotatable bonds is 8. The van der Waals surface area contributed by atoms with E-state index in [0.717, 1.165) is 33.5 Å². The molecule has 5 aromatic rings. The topological polar surface area (TPSA) is 113 Å². The van der Waals surface area contributed by atoms with E-state index in [9.17, 15) is 9.90 Å². The van der Waals surface area contributed by atoms with Crippen LogP contribution < -0.4 is 9.47 Å². The van der Waals surface area contributed by atoms with Gasteiger partial charge in [-0.05, 0) is 52.0 Å². The van der Waals surface area contributed by atoms with Gasteiger partial charge in [-0.15, -0.1) is 0 Å². The molecule has 0 unspecified atom stereocenters. The second kappa shape index (κ2) is 10.2. The van der Waals surface area contributed by atoms with E-state index in [2.05, 4.69) is 10.1 Å². The molecule has 4 heterocycles. The monoisotopic (exact) mass is 532 g/mol. The Labute approximate surface area is 223 Å². The Morgan fingerprint density at radius 3 is 2.32 bits per heavy atom. The Kier molecular flexibility index (Phi) is 6.77. The number of ether oxygens (including phenoxy) is 2. The molecule has 0 bridgehead atoms. The van der Waals surface area contributed by atoms with Crippen molar-refractivity contribution in [2.24, 2.45) is 0 Å². The van der Waals surface area contributed by atoms with E-state index >= 15 is 0 Å². The molecule has 194 valence electrons. The summed E-state index contributed by atoms with van der Waals surface area (Å²) in [5, 5.41) is 14.3. The fourth-order valence-electron chi connectivity index (χ4n) is 4.57. The average molecular weight is 533 g/mol. The van der Waals surface area contributed by atoms with Crippen molar-refractivity contribution in [3.63, 3.8) is 0 Å². The number of nitrogens with zero attached hydrogens (tertiary/aromatic N) is 4. The Balaban J connectivity index is 1.87. The van der Waals surface area contributed by atoms with Gasteiger partial charge in [-0.3, -0.25) is 9.97 Å². The number of hydrogen-bond acceptors (Lipinski definition) is 7. The predicted molar refractivity (Wildman–Crippen MR) is 144 cm³/mol. The Morgan fingerprint density at radius 2 is 1.74 bits per heavy atom. The first-order chi connectivity index (χ1) is 18.3. The van der Waals surface area contributed by atoms with Gasteiger partial charge in [0.05, 0.1) is 40.5 Å². The van der Waals surface area contributed by atoms with Gasteiger partial charge in [0.15, 0.2) is 0 Å². The van der Waals surface area contributed by atoms with Crippen molar-refractivity contribution < 1.29 is 23.9 Å². The van der Waals surface area contributed by atoms with Crippen molar-refractivity contribution in [3.8, 4) is 39.4 Å². The molecule has 0 amide bonds. The fraction of sp³-hybridized carbons (Fsp3) is 0.214. The lowest BCUT2D eigenvalue weighted by molar-refractivity contribution is 0.0695. The van der Waals surface area contributed by atoms with Crippen LogP contribution in [-0.2, 0) is 0 Å². The van der Waals surface area contributed by atoms with Crippen LogP contribution in [0.1, 0.15) is 35.7 Å². The third-order valence-electron chi connectivity index (χ3n) is 6.11. The van der Waals surface area contributed by atoms with Crippen LogP contribution in [0.3, 0.4) is 0 Å². The van der Waals surface area contributed by atoms with Crippen LogP contribution in [0.25, 0.3) is 39.0 Å². The lowest BCUT2D eigenvalue weighted by Gasteiger charge is -2.18. The van der Waals surface area contributed by atoms with Gasteiger partial charge >= 0.3 is 5.97 Å². The summed E-state index contributed by atoms with van der Waals surface area (Å²) in [5.74, 6) is 0.332.